The van der Waals surface area contributed by atoms with Crippen LogP contribution in [0.3, 0.4) is 0 Å². The number of carboxylic acid groups (broad SMARTS) is 1. The van der Waals surface area contributed by atoms with Gasteiger partial charge >= 0.3 is 5.97 Å². The number of halogens is 1. The molecule has 0 aromatic heterocycles. The molecule has 0 spiro atoms. The highest BCUT2D eigenvalue weighted by atomic mass is 32.2. The number of aryl methyl sites for hydroxylation is 1. The Hall–Kier alpha value is -2.94. The molecule has 9 heteroatoms. The number of carboxylic acids is 1. The van der Waals surface area contributed by atoms with E-state index < -0.39 is 27.4 Å². The van der Waals surface area contributed by atoms with Crippen LogP contribution in [0, 0.1) is 18.7 Å². The maximum Gasteiger partial charge on any atom is 0.338 e. The number of hydrogen-bond acceptors (Lipinski definition) is 4. The molecule has 1 amide bonds. The van der Waals surface area contributed by atoms with Gasteiger partial charge in [0.05, 0.1) is 16.1 Å². The molecule has 2 aromatic carbocycles. The Labute approximate surface area is 175 Å². The maximum atomic E-state index is 13.8. The van der Waals surface area contributed by atoms with Gasteiger partial charge in [-0.05, 0) is 54.8 Å². The summed E-state index contributed by atoms with van der Waals surface area (Å²) in [5.74, 6) is -2.84. The fourth-order valence-corrected chi connectivity index (χ4v) is 4.66. The summed E-state index contributed by atoms with van der Waals surface area (Å²) in [5, 5.41) is 9.14. The lowest BCUT2D eigenvalue weighted by atomic mass is 10.1. The van der Waals surface area contributed by atoms with Crippen molar-refractivity contribution < 1.29 is 27.5 Å². The van der Waals surface area contributed by atoms with E-state index >= 15 is 0 Å². The summed E-state index contributed by atoms with van der Waals surface area (Å²) in [4.78, 5) is 24.6. The van der Waals surface area contributed by atoms with Gasteiger partial charge in [-0.15, -0.1) is 0 Å². The lowest BCUT2D eigenvalue weighted by Gasteiger charge is -2.28. The van der Waals surface area contributed by atoms with Crippen molar-refractivity contribution in [3.63, 3.8) is 0 Å². The number of hydrogen-bond donors (Lipinski definition) is 1. The lowest BCUT2D eigenvalue weighted by molar-refractivity contribution is 0.0691. The molecule has 0 heterocycles. The molecule has 0 atom stereocenters. The first-order chi connectivity index (χ1) is 13.9. The largest absolute Gasteiger partial charge is 0.478 e. The molecule has 1 N–H and O–H groups in total. The zero-order valence-corrected chi connectivity index (χ0v) is 18.3. The minimum atomic E-state index is -4.19. The first-order valence-corrected chi connectivity index (χ1v) is 10.7. The summed E-state index contributed by atoms with van der Waals surface area (Å²) in [7, 11) is -0.944. The van der Waals surface area contributed by atoms with Crippen LogP contribution < -0.4 is 4.31 Å². The monoisotopic (exact) mass is 436 g/mol. The van der Waals surface area contributed by atoms with E-state index in [9.17, 15) is 22.4 Å². The molecule has 162 valence electrons. The molecule has 0 aliphatic rings. The van der Waals surface area contributed by atoms with Gasteiger partial charge in [0.25, 0.3) is 15.9 Å². The second-order valence-corrected chi connectivity index (χ2v) is 9.44. The van der Waals surface area contributed by atoms with Crippen LogP contribution in [0.15, 0.2) is 41.3 Å². The minimum Gasteiger partial charge on any atom is -0.478 e. The first-order valence-electron chi connectivity index (χ1n) is 9.24. The number of amides is 1. The van der Waals surface area contributed by atoms with Gasteiger partial charge in [0.15, 0.2) is 0 Å². The van der Waals surface area contributed by atoms with E-state index in [4.69, 9.17) is 5.11 Å². The Kier molecular flexibility index (Phi) is 6.87. The highest BCUT2D eigenvalue weighted by Crippen LogP contribution is 2.29. The average molecular weight is 437 g/mol. The summed E-state index contributed by atoms with van der Waals surface area (Å²) in [6, 6.07) is 7.39. The van der Waals surface area contributed by atoms with Crippen molar-refractivity contribution in [3.8, 4) is 0 Å². The number of benzene rings is 2. The zero-order valence-electron chi connectivity index (χ0n) is 17.5. The van der Waals surface area contributed by atoms with Crippen molar-refractivity contribution in [2.75, 3.05) is 24.9 Å². The Morgan fingerprint density at radius 3 is 2.23 bits per heavy atom. The predicted molar refractivity (Wildman–Crippen MR) is 112 cm³/mol. The van der Waals surface area contributed by atoms with Crippen LogP contribution in [-0.4, -0.2) is 50.9 Å². The number of anilines is 1. The molecular formula is C21H25FN2O5S. The molecule has 30 heavy (non-hydrogen) atoms. The smallest absolute Gasteiger partial charge is 0.338 e. The van der Waals surface area contributed by atoms with Crippen molar-refractivity contribution in [2.45, 2.75) is 25.7 Å². The maximum absolute atomic E-state index is 13.8. The topological polar surface area (TPSA) is 95.0 Å². The highest BCUT2D eigenvalue weighted by molar-refractivity contribution is 7.92. The van der Waals surface area contributed by atoms with Crippen LogP contribution in [-0.2, 0) is 10.0 Å². The van der Waals surface area contributed by atoms with Gasteiger partial charge < -0.3 is 10.0 Å². The minimum absolute atomic E-state index is 0.0540. The second-order valence-electron chi connectivity index (χ2n) is 7.58. The van der Waals surface area contributed by atoms with E-state index in [2.05, 4.69) is 0 Å². The number of carbonyl (C=O) groups excluding carboxylic acids is 1. The molecule has 0 saturated heterocycles. The van der Waals surface area contributed by atoms with E-state index in [0.29, 0.717) is 16.8 Å². The second kappa shape index (κ2) is 8.83. The number of rotatable bonds is 7. The van der Waals surface area contributed by atoms with Gasteiger partial charge in [-0.25, -0.2) is 17.6 Å². The summed E-state index contributed by atoms with van der Waals surface area (Å²) in [6.07, 6.45) is 0. The quantitative estimate of drug-likeness (QED) is 0.718. The van der Waals surface area contributed by atoms with Gasteiger partial charge in [0, 0.05) is 26.2 Å². The number of carbonyl (C=O) groups is 2. The van der Waals surface area contributed by atoms with Crippen LogP contribution in [0.25, 0.3) is 0 Å². The van der Waals surface area contributed by atoms with Crippen LogP contribution >= 0.6 is 0 Å². The van der Waals surface area contributed by atoms with Gasteiger partial charge in [-0.3, -0.25) is 9.10 Å². The average Bonchev–Trinajstić information content (AvgIpc) is 2.65. The highest BCUT2D eigenvalue weighted by Gasteiger charge is 2.29. The summed E-state index contributed by atoms with van der Waals surface area (Å²) >= 11 is 0. The summed E-state index contributed by atoms with van der Waals surface area (Å²) in [6.45, 7) is 5.49. The molecule has 2 rings (SSSR count). The van der Waals surface area contributed by atoms with Gasteiger partial charge in [0.2, 0.25) is 0 Å². The van der Waals surface area contributed by atoms with Crippen LogP contribution in [0.2, 0.25) is 0 Å². The van der Waals surface area contributed by atoms with Crippen molar-refractivity contribution in [3.05, 3.63) is 58.9 Å². The standard InChI is InChI=1S/C21H25FN2O5S/c1-13(2)12-24(19-9-6-15(10-14(19)3)20(25)23(4)5)30(28,29)16-7-8-18(22)17(11-16)21(26)27/h6-11,13H,12H2,1-5H3,(H,26,27). The molecule has 0 fully saturated rings. The van der Waals surface area contributed by atoms with Crippen LogP contribution in [0.5, 0.6) is 0 Å². The van der Waals surface area contributed by atoms with Crippen molar-refractivity contribution in [1.82, 2.24) is 4.90 Å². The van der Waals surface area contributed by atoms with Gasteiger partial charge in [-0.1, -0.05) is 13.8 Å². The lowest BCUT2D eigenvalue weighted by Crippen LogP contribution is -2.35. The number of sulfonamides is 1. The first kappa shape index (κ1) is 23.3. The van der Waals surface area contributed by atoms with Crippen LogP contribution in [0.1, 0.15) is 40.1 Å². The molecule has 0 radical (unpaired) electrons. The zero-order chi connectivity index (χ0) is 22.8. The van der Waals surface area contributed by atoms with E-state index in [-0.39, 0.29) is 23.3 Å². The van der Waals surface area contributed by atoms with Gasteiger partial charge in [-0.2, -0.15) is 0 Å². The molecule has 0 aliphatic heterocycles. The van der Waals surface area contributed by atoms with Crippen molar-refractivity contribution in [2.24, 2.45) is 5.92 Å². The fourth-order valence-electron chi connectivity index (χ4n) is 2.94. The summed E-state index contributed by atoms with van der Waals surface area (Å²) in [5.41, 5.74) is 0.620. The normalized spacial score (nSPS) is 11.4. The number of nitrogens with zero attached hydrogens (tertiary/aromatic N) is 2. The summed E-state index contributed by atoms with van der Waals surface area (Å²) < 4.78 is 41.7. The molecule has 0 unspecified atom stereocenters. The predicted octanol–water partition coefficient (Wildman–Crippen LogP) is 3.39. The Morgan fingerprint density at radius 2 is 1.73 bits per heavy atom. The molecule has 2 aromatic rings. The molecule has 0 bridgehead atoms. The Morgan fingerprint density at radius 1 is 1.10 bits per heavy atom. The van der Waals surface area contributed by atoms with E-state index in [0.717, 1.165) is 22.5 Å². The fraction of sp³-hybridized carbons (Fsp3) is 0.333. The third-order valence-corrected chi connectivity index (χ3v) is 6.18. The SMILES string of the molecule is Cc1cc(C(=O)N(C)C)ccc1N(CC(C)C)S(=O)(=O)c1ccc(F)c(C(=O)O)c1. The molecule has 0 aliphatic carbocycles. The Bertz CT molecular complexity index is 1080. The Balaban J connectivity index is 2.62. The van der Waals surface area contributed by atoms with Gasteiger partial charge in [0.1, 0.15) is 5.82 Å². The molecule has 0 saturated carbocycles. The molecule has 7 nitrogen and oxygen atoms in total. The van der Waals surface area contributed by atoms with Crippen molar-refractivity contribution >= 4 is 27.6 Å². The molecular weight excluding hydrogens is 411 g/mol. The third kappa shape index (κ3) is 4.79. The third-order valence-electron chi connectivity index (χ3n) is 4.41. The van der Waals surface area contributed by atoms with E-state index in [1.54, 1.807) is 39.2 Å². The van der Waals surface area contributed by atoms with E-state index in [1.165, 1.54) is 4.90 Å². The van der Waals surface area contributed by atoms with Crippen LogP contribution in [0.4, 0.5) is 10.1 Å². The van der Waals surface area contributed by atoms with Crippen molar-refractivity contribution in [1.29, 1.82) is 0 Å². The van der Waals surface area contributed by atoms with E-state index in [1.807, 2.05) is 13.8 Å². The number of aromatic carboxylic acids is 1.